The molecule has 0 unspecified atom stereocenters. The van der Waals surface area contributed by atoms with E-state index >= 15 is 0 Å². The number of nitrogens with two attached hydrogens (primary N) is 2. The molecule has 15 N–H and O–H groups in total. The summed E-state index contributed by atoms with van der Waals surface area (Å²) in [6, 6.07) is 14.6. The van der Waals surface area contributed by atoms with Gasteiger partial charge in [0.1, 0.15) is 48.3 Å². The first-order valence-corrected chi connectivity index (χ1v) is 30.1. The molecule has 87 heavy (non-hydrogen) atoms. The van der Waals surface area contributed by atoms with Crippen molar-refractivity contribution in [3.8, 4) is 0 Å². The smallest absolute Gasteiger partial charge is 0.246 e. The fraction of sp³-hybridized carbons (Fsp3) is 0.433. The van der Waals surface area contributed by atoms with Crippen LogP contribution in [0.1, 0.15) is 75.3 Å². The van der Waals surface area contributed by atoms with Crippen molar-refractivity contribution in [1.29, 1.82) is 0 Å². The predicted octanol–water partition coefficient (Wildman–Crippen LogP) is -0.858. The van der Waals surface area contributed by atoms with Gasteiger partial charge in [-0.3, -0.25) is 52.7 Å². The van der Waals surface area contributed by atoms with E-state index in [1.807, 2.05) is 18.2 Å². The lowest BCUT2D eigenvalue weighted by molar-refractivity contribution is -0.140. The van der Waals surface area contributed by atoms with E-state index in [0.717, 1.165) is 29.3 Å². The van der Waals surface area contributed by atoms with E-state index in [4.69, 9.17) is 11.5 Å². The number of thioether (sulfide) groups is 1. The van der Waals surface area contributed by atoms with Gasteiger partial charge >= 0.3 is 0 Å². The summed E-state index contributed by atoms with van der Waals surface area (Å²) in [5.41, 5.74) is 14.3. The van der Waals surface area contributed by atoms with Crippen molar-refractivity contribution in [1.82, 2.24) is 67.7 Å². The summed E-state index contributed by atoms with van der Waals surface area (Å²) in [5, 5.41) is 25.4. The first kappa shape index (κ1) is 65.4. The summed E-state index contributed by atoms with van der Waals surface area (Å²) in [4.78, 5) is 162. The third-order valence-corrected chi connectivity index (χ3v) is 16.0. The standard InChI is InChI=1S/C60H77N15O11S/c1-34(2)51(59(85)66-30-50(77)69-46(27-39-29-63-32-67-39)58(84)73-47(25-37-16-8-5-9-17-37)60(86)75-33-87-31-48(75)52(62)78)74-53(79)35(3)68-56(82)45(26-38-28-65-41-19-11-10-18-40(38)41)72-55(81)43(21-22-49(61)76)70-57(83)44(24-36-14-6-4-7-15-36)71-54(80)42-20-12-13-23-64-42/h4-11,14-19,28-29,32,34-35,42-48,51,64-65H,12-13,20-27,30-31,33H2,1-3H3,(H2,61,76)(H2,62,78)(H,63,67)(H,66,85)(H,68,82)(H,69,77)(H,70,83)(H,71,80)(H,72,81)(H,73,84)(H,74,79)/t35-,42-,43-,44+,45-,46-,47-,48-,51-/m0/s1. The molecule has 26 nitrogen and oxygen atoms in total. The van der Waals surface area contributed by atoms with Gasteiger partial charge in [0, 0.05) is 61.2 Å². The molecule has 0 aliphatic carbocycles. The number of carbonyl (C=O) groups excluding carboxylic acids is 11. The largest absolute Gasteiger partial charge is 0.370 e. The van der Waals surface area contributed by atoms with Crippen LogP contribution in [-0.2, 0) is 78.4 Å². The third-order valence-electron chi connectivity index (χ3n) is 15.0. The monoisotopic (exact) mass is 1220 g/mol. The molecule has 7 rings (SSSR count). The predicted molar refractivity (Wildman–Crippen MR) is 323 cm³/mol. The lowest BCUT2D eigenvalue weighted by Gasteiger charge is -2.29. The van der Waals surface area contributed by atoms with Crippen molar-refractivity contribution in [2.45, 2.75) is 133 Å². The van der Waals surface area contributed by atoms with E-state index in [2.05, 4.69) is 62.8 Å². The Morgan fingerprint density at radius 1 is 0.644 bits per heavy atom. The van der Waals surface area contributed by atoms with Gasteiger partial charge in [-0.05, 0) is 61.4 Å². The van der Waals surface area contributed by atoms with Crippen molar-refractivity contribution in [3.63, 3.8) is 0 Å². The van der Waals surface area contributed by atoms with Crippen LogP contribution >= 0.6 is 11.8 Å². The summed E-state index contributed by atoms with van der Waals surface area (Å²) >= 11 is 1.34. The highest BCUT2D eigenvalue weighted by Gasteiger charge is 2.39. The summed E-state index contributed by atoms with van der Waals surface area (Å²) in [6.45, 7) is 4.62. The van der Waals surface area contributed by atoms with Gasteiger partial charge in [-0.2, -0.15) is 0 Å². The number of piperidine rings is 1. The summed E-state index contributed by atoms with van der Waals surface area (Å²) in [5.74, 6) is -8.10. The number of fused-ring (bicyclic) bond motifs is 1. The Morgan fingerprint density at radius 3 is 1.89 bits per heavy atom. The maximum absolute atomic E-state index is 14.5. The zero-order valence-electron chi connectivity index (χ0n) is 48.7. The Kier molecular flexibility index (Phi) is 24.0. The number of para-hydroxylation sites is 1. The number of aromatic amines is 2. The Bertz CT molecular complexity index is 3210. The van der Waals surface area contributed by atoms with Gasteiger partial charge in [0.2, 0.25) is 65.0 Å². The molecule has 2 fully saturated rings. The number of aromatic nitrogens is 3. The van der Waals surface area contributed by atoms with E-state index in [-0.39, 0.29) is 50.2 Å². The van der Waals surface area contributed by atoms with Crippen molar-refractivity contribution >= 4 is 87.6 Å². The van der Waals surface area contributed by atoms with Crippen LogP contribution in [0.2, 0.25) is 0 Å². The minimum Gasteiger partial charge on any atom is -0.370 e. The number of carbonyl (C=O) groups is 11. The number of H-pyrrole nitrogens is 2. The molecule has 2 aliphatic rings. The molecule has 9 atom stereocenters. The van der Waals surface area contributed by atoms with Crippen LogP contribution in [0.4, 0.5) is 0 Å². The highest BCUT2D eigenvalue weighted by atomic mass is 32.2. The van der Waals surface area contributed by atoms with Crippen molar-refractivity contribution < 1.29 is 52.7 Å². The zero-order chi connectivity index (χ0) is 62.6. The average Bonchev–Trinajstić information content (AvgIpc) is 3.50. The number of imidazole rings is 1. The van der Waals surface area contributed by atoms with Crippen LogP contribution in [0.15, 0.2) is 104 Å². The minimum absolute atomic E-state index is 0.0458. The molecule has 11 amide bonds. The molecular weight excluding hydrogens is 1140 g/mol. The second kappa shape index (κ2) is 31.9. The second-order valence-electron chi connectivity index (χ2n) is 22.0. The summed E-state index contributed by atoms with van der Waals surface area (Å²) < 4.78 is 0. The minimum atomic E-state index is -1.44. The molecule has 464 valence electrons. The molecule has 2 aromatic heterocycles. The molecule has 5 aromatic rings. The van der Waals surface area contributed by atoms with E-state index < -0.39 is 132 Å². The normalized spacial score (nSPS) is 17.2. The number of nitrogens with one attached hydrogen (secondary N) is 11. The molecule has 0 radical (unpaired) electrons. The van der Waals surface area contributed by atoms with E-state index in [0.29, 0.717) is 29.8 Å². The Balaban J connectivity index is 1.01. The van der Waals surface area contributed by atoms with Gasteiger partial charge in [-0.25, -0.2) is 4.98 Å². The van der Waals surface area contributed by atoms with Crippen molar-refractivity contribution in [2.24, 2.45) is 17.4 Å². The molecule has 0 bridgehead atoms. The molecule has 0 spiro atoms. The lowest BCUT2D eigenvalue weighted by Crippen LogP contribution is -2.60. The van der Waals surface area contributed by atoms with Gasteiger partial charge in [0.25, 0.3) is 0 Å². The first-order chi connectivity index (χ1) is 41.7. The zero-order valence-corrected chi connectivity index (χ0v) is 49.5. The lowest BCUT2D eigenvalue weighted by atomic mass is 10.0. The van der Waals surface area contributed by atoms with Crippen LogP contribution in [0.3, 0.4) is 0 Å². The van der Waals surface area contributed by atoms with E-state index in [1.54, 1.807) is 86.8 Å². The van der Waals surface area contributed by atoms with Crippen molar-refractivity contribution in [3.05, 3.63) is 126 Å². The fourth-order valence-corrected chi connectivity index (χ4v) is 11.4. The maximum atomic E-state index is 14.5. The molecule has 4 heterocycles. The van der Waals surface area contributed by atoms with Crippen LogP contribution in [-0.4, -0.2) is 164 Å². The van der Waals surface area contributed by atoms with E-state index in [1.165, 1.54) is 36.1 Å². The number of hydrogen-bond donors (Lipinski definition) is 13. The number of primary amides is 2. The number of amides is 11. The summed E-state index contributed by atoms with van der Waals surface area (Å²) in [6.07, 6.45) is 6.09. The molecule has 0 saturated carbocycles. The summed E-state index contributed by atoms with van der Waals surface area (Å²) in [7, 11) is 0. The van der Waals surface area contributed by atoms with Gasteiger partial charge in [-0.1, -0.05) is 99.1 Å². The van der Waals surface area contributed by atoms with Crippen molar-refractivity contribution in [2.75, 3.05) is 24.7 Å². The second-order valence-corrected chi connectivity index (χ2v) is 23.0. The van der Waals surface area contributed by atoms with Gasteiger partial charge < -0.3 is 74.2 Å². The van der Waals surface area contributed by atoms with Gasteiger partial charge in [0.15, 0.2) is 0 Å². The van der Waals surface area contributed by atoms with Gasteiger partial charge in [0.05, 0.1) is 30.5 Å². The maximum Gasteiger partial charge on any atom is 0.246 e. The Morgan fingerprint density at radius 2 is 1.25 bits per heavy atom. The highest BCUT2D eigenvalue weighted by Crippen LogP contribution is 2.23. The quantitative estimate of drug-likeness (QED) is 0.0266. The van der Waals surface area contributed by atoms with Crippen LogP contribution in [0.5, 0.6) is 0 Å². The molecule has 2 aliphatic heterocycles. The van der Waals surface area contributed by atoms with Crippen LogP contribution < -0.4 is 59.3 Å². The van der Waals surface area contributed by atoms with Gasteiger partial charge in [-0.15, -0.1) is 11.8 Å². The van der Waals surface area contributed by atoms with E-state index in [9.17, 15) is 52.7 Å². The fourth-order valence-electron chi connectivity index (χ4n) is 10.2. The Labute approximate surface area is 507 Å². The number of benzene rings is 3. The first-order valence-electron chi connectivity index (χ1n) is 28.9. The number of rotatable bonds is 30. The average molecular weight is 1220 g/mol. The topological polar surface area (TPSA) is 396 Å². The molecule has 27 heteroatoms. The molecule has 3 aromatic carbocycles. The molecule has 2 saturated heterocycles. The highest BCUT2D eigenvalue weighted by molar-refractivity contribution is 7.99. The number of hydrogen-bond acceptors (Lipinski definition) is 14. The number of nitrogens with zero attached hydrogens (tertiary/aromatic N) is 2. The Hall–Kier alpha value is -9.11. The van der Waals surface area contributed by atoms with Crippen LogP contribution in [0.25, 0.3) is 10.9 Å². The third kappa shape index (κ3) is 19.2. The van der Waals surface area contributed by atoms with Crippen LogP contribution in [0, 0.1) is 5.92 Å². The SMILES string of the molecule is CC(C)[C@H](NC(=O)[C@H](C)NC(=O)[C@H](Cc1c[nH]c2ccccc12)NC(=O)[C@H](CCC(N)=O)NC(=O)[C@@H](Cc1ccccc1)NC(=O)[C@@H]1CCCCN1)C(=O)NCC(=O)N[C@@H](Cc1c[nH]cn1)C(=O)N[C@@H](Cc1ccccc1)C(=O)N1CSC[C@H]1C(N)=O. The molecular formula is C60H77N15O11S.